The Morgan fingerprint density at radius 3 is 2.64 bits per heavy atom. The number of carbonyl (C=O) groups excluding carboxylic acids is 1. The lowest BCUT2D eigenvalue weighted by molar-refractivity contribution is -0.115. The molecule has 5 N–H and O–H groups in total. The molecule has 0 saturated carbocycles. The topological polar surface area (TPSA) is 152 Å². The van der Waals surface area contributed by atoms with Gasteiger partial charge in [-0.1, -0.05) is 24.3 Å². The van der Waals surface area contributed by atoms with Gasteiger partial charge in [-0.2, -0.15) is 5.10 Å². The summed E-state index contributed by atoms with van der Waals surface area (Å²) in [6.45, 7) is 0. The van der Waals surface area contributed by atoms with Crippen molar-refractivity contribution < 1.29 is 9.53 Å². The number of ether oxygens (including phenoxy) is 1. The largest absolute Gasteiger partial charge is 0.495 e. The summed E-state index contributed by atoms with van der Waals surface area (Å²) in [5.41, 5.74) is 17.0. The van der Waals surface area contributed by atoms with E-state index >= 15 is 0 Å². The van der Waals surface area contributed by atoms with Crippen LogP contribution in [0.25, 0.3) is 38.9 Å². The summed E-state index contributed by atoms with van der Waals surface area (Å²) < 4.78 is 9.30. The van der Waals surface area contributed by atoms with Crippen LogP contribution in [0.3, 0.4) is 0 Å². The number of hydrogen-bond acceptors (Lipinski definition) is 8. The number of benzene rings is 2. The number of nitrogens with two attached hydrogens (primary N) is 2. The number of rotatable bonds is 6. The lowest BCUT2D eigenvalue weighted by Crippen LogP contribution is -2.16. The zero-order chi connectivity index (χ0) is 27.1. The summed E-state index contributed by atoms with van der Waals surface area (Å²) in [6, 6.07) is 19.0. The highest BCUT2D eigenvalue weighted by molar-refractivity contribution is 6.00. The normalized spacial score (nSPS) is 11.2. The quantitative estimate of drug-likeness (QED) is 0.301. The lowest BCUT2D eigenvalue weighted by atomic mass is 10.1. The molecular formula is C28H25N9O2. The predicted octanol–water partition coefficient (Wildman–Crippen LogP) is 3.72. The Morgan fingerprint density at radius 1 is 1.03 bits per heavy atom. The van der Waals surface area contributed by atoms with E-state index in [0.29, 0.717) is 45.2 Å². The van der Waals surface area contributed by atoms with Crippen LogP contribution in [-0.2, 0) is 18.3 Å². The molecule has 0 aliphatic heterocycles. The fraction of sp³-hybridized carbons (Fsp3) is 0.107. The number of aromatic nitrogens is 6. The third-order valence-corrected chi connectivity index (χ3v) is 6.65. The van der Waals surface area contributed by atoms with Gasteiger partial charge in [0.05, 0.1) is 36.5 Å². The van der Waals surface area contributed by atoms with Gasteiger partial charge in [0.1, 0.15) is 29.4 Å². The second kappa shape index (κ2) is 9.45. The van der Waals surface area contributed by atoms with Crippen LogP contribution in [0, 0.1) is 0 Å². The third-order valence-electron chi connectivity index (χ3n) is 6.65. The summed E-state index contributed by atoms with van der Waals surface area (Å²) in [5.74, 6) is 1.00. The molecule has 2 aromatic carbocycles. The van der Waals surface area contributed by atoms with Crippen LogP contribution in [0.15, 0.2) is 73.2 Å². The van der Waals surface area contributed by atoms with Crippen LogP contribution in [0.2, 0.25) is 0 Å². The molecule has 0 fully saturated rings. The number of pyridine rings is 1. The molecule has 0 spiro atoms. The summed E-state index contributed by atoms with van der Waals surface area (Å²) in [7, 11) is 3.51. The van der Waals surface area contributed by atoms with E-state index in [1.165, 1.54) is 6.33 Å². The van der Waals surface area contributed by atoms with E-state index in [1.54, 1.807) is 42.3 Å². The van der Waals surface area contributed by atoms with Crippen LogP contribution in [0.1, 0.15) is 5.69 Å². The van der Waals surface area contributed by atoms with Gasteiger partial charge in [0, 0.05) is 23.8 Å². The van der Waals surface area contributed by atoms with Gasteiger partial charge in [-0.15, -0.1) is 0 Å². The van der Waals surface area contributed by atoms with E-state index in [0.717, 1.165) is 16.6 Å². The summed E-state index contributed by atoms with van der Waals surface area (Å²) in [4.78, 5) is 25.7. The monoisotopic (exact) mass is 519 g/mol. The second-order valence-corrected chi connectivity index (χ2v) is 9.05. The van der Waals surface area contributed by atoms with Crippen molar-refractivity contribution in [2.24, 2.45) is 7.05 Å². The fourth-order valence-electron chi connectivity index (χ4n) is 4.70. The van der Waals surface area contributed by atoms with Crippen molar-refractivity contribution in [2.75, 3.05) is 23.9 Å². The maximum atomic E-state index is 13.0. The number of methoxy groups -OCH3 is 1. The van der Waals surface area contributed by atoms with E-state index in [1.807, 2.05) is 48.0 Å². The first-order valence-electron chi connectivity index (χ1n) is 12.2. The van der Waals surface area contributed by atoms with Crippen molar-refractivity contribution in [1.29, 1.82) is 0 Å². The van der Waals surface area contributed by atoms with Crippen molar-refractivity contribution in [3.8, 4) is 22.7 Å². The molecule has 4 heterocycles. The van der Waals surface area contributed by atoms with Crippen molar-refractivity contribution >= 4 is 45.2 Å². The summed E-state index contributed by atoms with van der Waals surface area (Å²) in [5, 5.41) is 9.43. The molecule has 0 aliphatic carbocycles. The van der Waals surface area contributed by atoms with Crippen LogP contribution < -0.4 is 21.5 Å². The van der Waals surface area contributed by atoms with E-state index < -0.39 is 0 Å². The van der Waals surface area contributed by atoms with Crippen molar-refractivity contribution in [2.45, 2.75) is 6.42 Å². The van der Waals surface area contributed by atoms with Gasteiger partial charge in [0.15, 0.2) is 5.65 Å². The van der Waals surface area contributed by atoms with Gasteiger partial charge < -0.3 is 26.1 Å². The third kappa shape index (κ3) is 4.25. The van der Waals surface area contributed by atoms with E-state index in [2.05, 4.69) is 20.3 Å². The Hall–Kier alpha value is -5.45. The molecule has 0 bridgehead atoms. The van der Waals surface area contributed by atoms with Crippen LogP contribution in [0.4, 0.5) is 17.3 Å². The minimum absolute atomic E-state index is 0.157. The van der Waals surface area contributed by atoms with Crippen molar-refractivity contribution in [1.82, 2.24) is 29.3 Å². The number of amides is 1. The first-order valence-corrected chi connectivity index (χ1v) is 12.2. The smallest absolute Gasteiger partial charge is 0.230 e. The number of nitrogens with one attached hydrogen (secondary N) is 1. The van der Waals surface area contributed by atoms with Gasteiger partial charge in [0.2, 0.25) is 5.91 Å². The van der Waals surface area contributed by atoms with Crippen LogP contribution >= 0.6 is 0 Å². The van der Waals surface area contributed by atoms with Gasteiger partial charge in [-0.05, 0) is 41.8 Å². The molecular weight excluding hydrogens is 494 g/mol. The molecule has 4 aromatic heterocycles. The van der Waals surface area contributed by atoms with Gasteiger partial charge in [-0.3, -0.25) is 4.79 Å². The highest BCUT2D eigenvalue weighted by atomic mass is 16.5. The zero-order valence-corrected chi connectivity index (χ0v) is 21.3. The van der Waals surface area contributed by atoms with Gasteiger partial charge in [0.25, 0.3) is 0 Å². The number of nitrogen functional groups attached to an aromatic ring is 2. The number of aryl methyl sites for hydroxylation is 1. The average molecular weight is 520 g/mol. The van der Waals surface area contributed by atoms with E-state index in [-0.39, 0.29) is 18.1 Å². The number of para-hydroxylation sites is 1. The molecule has 39 heavy (non-hydrogen) atoms. The highest BCUT2D eigenvalue weighted by Crippen LogP contribution is 2.36. The van der Waals surface area contributed by atoms with E-state index in [9.17, 15) is 4.79 Å². The van der Waals surface area contributed by atoms with Crippen molar-refractivity contribution in [3.05, 3.63) is 78.9 Å². The Kier molecular flexibility index (Phi) is 5.80. The summed E-state index contributed by atoms with van der Waals surface area (Å²) >= 11 is 0. The molecule has 194 valence electrons. The molecule has 6 rings (SSSR count). The molecule has 11 heteroatoms. The Bertz CT molecular complexity index is 1860. The molecule has 11 nitrogen and oxygen atoms in total. The second-order valence-electron chi connectivity index (χ2n) is 9.05. The maximum Gasteiger partial charge on any atom is 0.230 e. The first kappa shape index (κ1) is 23.9. The van der Waals surface area contributed by atoms with Gasteiger partial charge in [-0.25, -0.2) is 19.6 Å². The fourth-order valence-corrected chi connectivity index (χ4v) is 4.70. The van der Waals surface area contributed by atoms with Crippen LogP contribution in [0.5, 0.6) is 5.75 Å². The zero-order valence-electron chi connectivity index (χ0n) is 21.3. The molecule has 0 aliphatic rings. The number of carbonyl (C=O) groups is 1. The minimum atomic E-state index is -0.157. The Labute approximate surface area is 223 Å². The molecule has 0 atom stereocenters. The molecule has 0 radical (unpaired) electrons. The lowest BCUT2D eigenvalue weighted by Gasteiger charge is -2.12. The summed E-state index contributed by atoms with van der Waals surface area (Å²) in [6.07, 6.45) is 3.21. The highest BCUT2D eigenvalue weighted by Gasteiger charge is 2.20. The Morgan fingerprint density at radius 2 is 1.87 bits per heavy atom. The number of hydrogen-bond donors (Lipinski definition) is 3. The number of nitrogens with zero attached hydrogens (tertiary/aromatic N) is 6. The molecule has 6 aromatic rings. The molecule has 0 saturated heterocycles. The maximum absolute atomic E-state index is 13.0. The molecule has 1 amide bonds. The van der Waals surface area contributed by atoms with Gasteiger partial charge >= 0.3 is 0 Å². The SMILES string of the molecule is COc1cc(-c2nn(-c3ccc(N)nc3)c3ncnc(N)c23)ccc1NC(=O)Cc1cc2ccccc2n1C. The Balaban J connectivity index is 1.33. The van der Waals surface area contributed by atoms with Crippen molar-refractivity contribution in [3.63, 3.8) is 0 Å². The minimum Gasteiger partial charge on any atom is -0.495 e. The van der Waals surface area contributed by atoms with E-state index in [4.69, 9.17) is 21.3 Å². The number of anilines is 3. The molecule has 0 unspecified atom stereocenters. The first-order chi connectivity index (χ1) is 18.9. The predicted molar refractivity (Wildman–Crippen MR) is 151 cm³/mol. The number of fused-ring (bicyclic) bond motifs is 2. The van der Waals surface area contributed by atoms with Crippen LogP contribution in [-0.4, -0.2) is 42.3 Å². The standard InChI is InChI=1S/C28H25N9O2/c1-36-19(11-16-5-3-4-6-21(16)36)13-24(38)34-20-9-7-17(12-22(20)39-2)26-25-27(30)32-15-33-28(25)37(35-26)18-8-10-23(29)31-14-18/h3-12,14-15H,13H2,1-2H3,(H2,29,31)(H,34,38)(H2,30,32,33). The average Bonchev–Trinajstić information content (AvgIpc) is 3.48.